The van der Waals surface area contributed by atoms with E-state index in [2.05, 4.69) is 23.9 Å². The third kappa shape index (κ3) is 5.39. The van der Waals surface area contributed by atoms with E-state index in [1.165, 1.54) is 0 Å². The zero-order chi connectivity index (χ0) is 15.3. The van der Waals surface area contributed by atoms with Gasteiger partial charge in [-0.15, -0.1) is 0 Å². The van der Waals surface area contributed by atoms with Gasteiger partial charge >= 0.3 is 0 Å². The van der Waals surface area contributed by atoms with Crippen LogP contribution >= 0.6 is 11.8 Å². The molecule has 2 N–H and O–H groups in total. The Kier molecular flexibility index (Phi) is 6.80. The number of hydrogen-bond donors (Lipinski definition) is 2. The minimum absolute atomic E-state index is 0.0941. The summed E-state index contributed by atoms with van der Waals surface area (Å²) in [4.78, 5) is 0. The van der Waals surface area contributed by atoms with E-state index in [9.17, 15) is 8.42 Å². The second kappa shape index (κ2) is 8.15. The van der Waals surface area contributed by atoms with E-state index in [0.29, 0.717) is 12.6 Å². The highest BCUT2D eigenvalue weighted by Crippen LogP contribution is 2.22. The van der Waals surface area contributed by atoms with E-state index in [4.69, 9.17) is 0 Å². The Morgan fingerprint density at radius 2 is 1.90 bits per heavy atom. The first-order valence-corrected chi connectivity index (χ1v) is 10.7. The van der Waals surface area contributed by atoms with Crippen LogP contribution in [-0.4, -0.2) is 55.4 Å². The van der Waals surface area contributed by atoms with Crippen molar-refractivity contribution < 1.29 is 8.42 Å². The van der Waals surface area contributed by atoms with Gasteiger partial charge in [0.25, 0.3) is 10.2 Å². The molecule has 0 aliphatic carbocycles. The molecule has 5 nitrogen and oxygen atoms in total. The third-order valence-electron chi connectivity index (χ3n) is 4.18. The summed E-state index contributed by atoms with van der Waals surface area (Å²) in [5.74, 6) is 2.12. The summed E-state index contributed by atoms with van der Waals surface area (Å²) in [6.45, 7) is 5.60. The van der Waals surface area contributed by atoms with Crippen molar-refractivity contribution in [3.05, 3.63) is 0 Å². The van der Waals surface area contributed by atoms with Gasteiger partial charge in [0, 0.05) is 31.2 Å². The van der Waals surface area contributed by atoms with Gasteiger partial charge in [-0.3, -0.25) is 0 Å². The Hall–Kier alpha value is 0.180. The predicted octanol–water partition coefficient (Wildman–Crippen LogP) is 1.57. The van der Waals surface area contributed by atoms with Gasteiger partial charge in [0.05, 0.1) is 0 Å². The van der Waals surface area contributed by atoms with Crippen LogP contribution in [-0.2, 0) is 10.2 Å². The molecule has 0 amide bonds. The highest BCUT2D eigenvalue weighted by molar-refractivity contribution is 7.99. The molecule has 21 heavy (non-hydrogen) atoms. The molecule has 0 aromatic heterocycles. The third-order valence-corrected chi connectivity index (χ3v) is 6.96. The molecule has 0 spiro atoms. The quantitative estimate of drug-likeness (QED) is 0.773. The Morgan fingerprint density at radius 3 is 2.57 bits per heavy atom. The first kappa shape index (κ1) is 17.5. The zero-order valence-electron chi connectivity index (χ0n) is 13.2. The lowest BCUT2D eigenvalue weighted by atomic mass is 10.0. The maximum atomic E-state index is 12.7. The molecule has 0 saturated carbocycles. The zero-order valence-corrected chi connectivity index (χ0v) is 14.8. The fourth-order valence-electron chi connectivity index (χ4n) is 2.96. The van der Waals surface area contributed by atoms with E-state index in [1.54, 1.807) is 4.31 Å². The number of nitrogens with one attached hydrogen (secondary N) is 2. The summed E-state index contributed by atoms with van der Waals surface area (Å²) in [7, 11) is -3.35. The molecule has 0 aromatic rings. The molecule has 2 aliphatic rings. The molecule has 2 saturated heterocycles. The van der Waals surface area contributed by atoms with Crippen molar-refractivity contribution in [1.29, 1.82) is 0 Å². The van der Waals surface area contributed by atoms with Crippen LogP contribution in [0.3, 0.4) is 0 Å². The van der Waals surface area contributed by atoms with Gasteiger partial charge in [0.15, 0.2) is 0 Å². The molecular weight excluding hydrogens is 306 g/mol. The summed E-state index contributed by atoms with van der Waals surface area (Å²) >= 11 is 1.91. The van der Waals surface area contributed by atoms with Crippen LogP contribution in [0.15, 0.2) is 0 Å². The lowest BCUT2D eigenvalue weighted by Gasteiger charge is -2.36. The van der Waals surface area contributed by atoms with Gasteiger partial charge in [-0.1, -0.05) is 20.3 Å². The fraction of sp³-hybridized carbons (Fsp3) is 1.00. The van der Waals surface area contributed by atoms with Gasteiger partial charge in [-0.25, -0.2) is 0 Å². The Morgan fingerprint density at radius 1 is 1.19 bits per heavy atom. The normalized spacial score (nSPS) is 26.3. The van der Waals surface area contributed by atoms with E-state index in [-0.39, 0.29) is 12.1 Å². The van der Waals surface area contributed by atoms with Crippen molar-refractivity contribution in [2.75, 3.05) is 24.6 Å². The van der Waals surface area contributed by atoms with Crippen LogP contribution in [0.4, 0.5) is 0 Å². The Bertz CT molecular complexity index is 408. The van der Waals surface area contributed by atoms with Crippen molar-refractivity contribution in [3.8, 4) is 0 Å². The first-order valence-electron chi connectivity index (χ1n) is 8.09. The Labute approximate surface area is 133 Å². The van der Waals surface area contributed by atoms with Gasteiger partial charge < -0.3 is 5.32 Å². The molecule has 2 rings (SSSR count). The van der Waals surface area contributed by atoms with Crippen molar-refractivity contribution in [2.45, 2.75) is 64.1 Å². The molecule has 7 heteroatoms. The molecule has 1 atom stereocenters. The second-order valence-electron chi connectivity index (χ2n) is 6.33. The molecule has 0 radical (unpaired) electrons. The maximum absolute atomic E-state index is 12.7. The Balaban J connectivity index is 1.97. The summed E-state index contributed by atoms with van der Waals surface area (Å²) in [5, 5.41) is 3.38. The number of nitrogens with zero attached hydrogens (tertiary/aromatic N) is 1. The monoisotopic (exact) mass is 335 g/mol. The highest BCUT2D eigenvalue weighted by Gasteiger charge is 2.33. The largest absolute Gasteiger partial charge is 0.313 e. The standard InChI is InChI=1S/C14H29N3O2S2/c1-12(2)15-11-14-5-3-4-8-17(14)21(18,19)16-13-6-9-20-10-7-13/h12-16H,3-11H2,1-2H3. The molecule has 0 aromatic carbocycles. The van der Waals surface area contributed by atoms with Crippen molar-refractivity contribution in [1.82, 2.24) is 14.3 Å². The minimum atomic E-state index is -3.35. The van der Waals surface area contributed by atoms with Crippen LogP contribution in [0.25, 0.3) is 0 Å². The van der Waals surface area contributed by atoms with Crippen LogP contribution in [0.1, 0.15) is 46.0 Å². The van der Waals surface area contributed by atoms with Crippen LogP contribution in [0, 0.1) is 0 Å². The van der Waals surface area contributed by atoms with Crippen molar-refractivity contribution >= 4 is 22.0 Å². The molecule has 2 aliphatic heterocycles. The smallest absolute Gasteiger partial charge is 0.279 e. The number of thioether (sulfide) groups is 1. The summed E-state index contributed by atoms with van der Waals surface area (Å²) in [6, 6.07) is 0.605. The number of piperidine rings is 1. The van der Waals surface area contributed by atoms with E-state index in [0.717, 1.165) is 50.2 Å². The van der Waals surface area contributed by atoms with Gasteiger partial charge in [-0.2, -0.15) is 29.2 Å². The first-order chi connectivity index (χ1) is 9.99. The molecular formula is C14H29N3O2S2. The molecule has 124 valence electrons. The van der Waals surface area contributed by atoms with E-state index < -0.39 is 10.2 Å². The van der Waals surface area contributed by atoms with Crippen LogP contribution < -0.4 is 10.0 Å². The van der Waals surface area contributed by atoms with Crippen molar-refractivity contribution in [3.63, 3.8) is 0 Å². The van der Waals surface area contributed by atoms with Gasteiger partial charge in [-0.05, 0) is 37.2 Å². The summed E-state index contributed by atoms with van der Waals surface area (Å²) in [6.07, 6.45) is 4.95. The van der Waals surface area contributed by atoms with Crippen molar-refractivity contribution in [2.24, 2.45) is 0 Å². The average molecular weight is 336 g/mol. The number of hydrogen-bond acceptors (Lipinski definition) is 4. The average Bonchev–Trinajstić information content (AvgIpc) is 2.46. The van der Waals surface area contributed by atoms with Gasteiger partial charge in [0.1, 0.15) is 0 Å². The maximum Gasteiger partial charge on any atom is 0.279 e. The lowest BCUT2D eigenvalue weighted by molar-refractivity contribution is 0.237. The molecule has 1 unspecified atom stereocenters. The predicted molar refractivity (Wildman–Crippen MR) is 89.9 cm³/mol. The van der Waals surface area contributed by atoms with Crippen LogP contribution in [0.2, 0.25) is 0 Å². The highest BCUT2D eigenvalue weighted by atomic mass is 32.2. The summed E-state index contributed by atoms with van der Waals surface area (Å²) < 4.78 is 30.0. The topological polar surface area (TPSA) is 61.4 Å². The van der Waals surface area contributed by atoms with Crippen LogP contribution in [0.5, 0.6) is 0 Å². The number of rotatable bonds is 6. The second-order valence-corrected chi connectivity index (χ2v) is 9.21. The summed E-state index contributed by atoms with van der Waals surface area (Å²) in [5.41, 5.74) is 0. The SMILES string of the molecule is CC(C)NCC1CCCCN1S(=O)(=O)NC1CCSCC1. The lowest BCUT2D eigenvalue weighted by Crippen LogP contribution is -2.55. The molecule has 2 fully saturated rings. The minimum Gasteiger partial charge on any atom is -0.313 e. The van der Waals surface area contributed by atoms with E-state index >= 15 is 0 Å². The fourth-order valence-corrected chi connectivity index (χ4v) is 5.80. The van der Waals surface area contributed by atoms with E-state index in [1.807, 2.05) is 11.8 Å². The molecule has 2 heterocycles. The molecule has 0 bridgehead atoms. The van der Waals surface area contributed by atoms with Gasteiger partial charge in [0.2, 0.25) is 0 Å².